The van der Waals surface area contributed by atoms with E-state index in [9.17, 15) is 4.79 Å². The van der Waals surface area contributed by atoms with E-state index in [1.54, 1.807) is 0 Å². The Morgan fingerprint density at radius 1 is 2.00 bits per heavy atom. The van der Waals surface area contributed by atoms with E-state index in [4.69, 9.17) is 5.11 Å². The summed E-state index contributed by atoms with van der Waals surface area (Å²) >= 11 is 0. The summed E-state index contributed by atoms with van der Waals surface area (Å²) < 4.78 is 4.08. The minimum atomic E-state index is -0.623. The van der Waals surface area contributed by atoms with Crippen molar-refractivity contribution in [3.63, 3.8) is 0 Å². The van der Waals surface area contributed by atoms with Gasteiger partial charge in [0.05, 0.1) is 7.11 Å². The molecule has 0 spiro atoms. The molecule has 4 heteroatoms. The number of alkyl carbamates (subject to hydrolysis) is 1. The number of hydrogen-bond acceptors (Lipinski definition) is 3. The summed E-state index contributed by atoms with van der Waals surface area (Å²) in [5, 5.41) is 9.95. The molecule has 0 unspecified atom stereocenters. The molecule has 0 aromatic carbocycles. The molecule has 0 saturated heterocycles. The van der Waals surface area contributed by atoms with Crippen LogP contribution in [0.2, 0.25) is 0 Å². The molecule has 0 aliphatic carbocycles. The van der Waals surface area contributed by atoms with Gasteiger partial charge in [-0.05, 0) is 0 Å². The quantitative estimate of drug-likeness (QED) is 0.433. The van der Waals surface area contributed by atoms with Gasteiger partial charge in [-0.25, -0.2) is 4.79 Å². The predicted molar refractivity (Wildman–Crippen MR) is 22.6 cm³/mol. The molecule has 0 saturated carbocycles. The van der Waals surface area contributed by atoms with Gasteiger partial charge in [0.25, 0.3) is 0 Å². The highest BCUT2D eigenvalue weighted by Crippen LogP contribution is 1.64. The van der Waals surface area contributed by atoms with Crippen LogP contribution in [0.25, 0.3) is 0 Å². The number of aliphatic hydroxyl groups is 1. The van der Waals surface area contributed by atoms with Crippen molar-refractivity contribution in [3.8, 4) is 0 Å². The number of carbonyl (C=O) groups is 1. The zero-order valence-corrected chi connectivity index (χ0v) is 3.97. The fourth-order valence-corrected chi connectivity index (χ4v) is 0.137. The fourth-order valence-electron chi connectivity index (χ4n) is 0.137. The zero-order chi connectivity index (χ0) is 5.70. The Balaban J connectivity index is 3.00. The minimum absolute atomic E-state index is 0.382. The van der Waals surface area contributed by atoms with Crippen molar-refractivity contribution >= 4 is 6.09 Å². The molecule has 0 radical (unpaired) electrons. The van der Waals surface area contributed by atoms with Gasteiger partial charge in [0.15, 0.2) is 0 Å². The standard InChI is InChI=1S/C3H7NO3/c1-7-3(6)4-2-5/h5H,2H2,1H3,(H,4,6). The highest BCUT2D eigenvalue weighted by atomic mass is 16.5. The summed E-state index contributed by atoms with van der Waals surface area (Å²) in [4.78, 5) is 9.92. The minimum Gasteiger partial charge on any atom is -0.453 e. The Morgan fingerprint density at radius 2 is 2.57 bits per heavy atom. The number of nitrogens with one attached hydrogen (secondary N) is 1. The number of methoxy groups -OCH3 is 1. The van der Waals surface area contributed by atoms with Crippen LogP contribution in [0.15, 0.2) is 0 Å². The second-order valence-corrected chi connectivity index (χ2v) is 0.826. The van der Waals surface area contributed by atoms with Crippen molar-refractivity contribution in [3.05, 3.63) is 0 Å². The molecule has 0 atom stereocenters. The first kappa shape index (κ1) is 6.23. The van der Waals surface area contributed by atoms with Gasteiger partial charge in [-0.3, -0.25) is 5.32 Å². The lowest BCUT2D eigenvalue weighted by atomic mass is 11.0. The third kappa shape index (κ3) is 3.05. The van der Waals surface area contributed by atoms with Crippen LogP contribution in [-0.4, -0.2) is 25.0 Å². The predicted octanol–water partition coefficient (Wildman–Crippen LogP) is -0.708. The van der Waals surface area contributed by atoms with Crippen LogP contribution in [0.1, 0.15) is 0 Å². The van der Waals surface area contributed by atoms with Gasteiger partial charge in [0.2, 0.25) is 0 Å². The van der Waals surface area contributed by atoms with Crippen LogP contribution in [0, 0.1) is 0 Å². The van der Waals surface area contributed by atoms with Gasteiger partial charge < -0.3 is 9.84 Å². The van der Waals surface area contributed by atoms with E-state index >= 15 is 0 Å². The summed E-state index contributed by atoms with van der Waals surface area (Å²) in [6.07, 6.45) is -0.623. The van der Waals surface area contributed by atoms with Gasteiger partial charge in [-0.2, -0.15) is 0 Å². The largest absolute Gasteiger partial charge is 0.453 e. The molecule has 42 valence electrons. The summed E-state index contributed by atoms with van der Waals surface area (Å²) in [5.74, 6) is 0. The first-order valence-corrected chi connectivity index (χ1v) is 1.74. The van der Waals surface area contributed by atoms with Crippen LogP contribution >= 0.6 is 0 Å². The second-order valence-electron chi connectivity index (χ2n) is 0.826. The van der Waals surface area contributed by atoms with Crippen molar-refractivity contribution in [2.75, 3.05) is 13.8 Å². The average molecular weight is 105 g/mol. The summed E-state index contributed by atoms with van der Waals surface area (Å²) in [6.45, 7) is -0.382. The molecule has 1 amide bonds. The molecular weight excluding hydrogens is 98.0 g/mol. The third-order valence-electron chi connectivity index (χ3n) is 0.409. The Hall–Kier alpha value is -0.770. The van der Waals surface area contributed by atoms with Crippen molar-refractivity contribution in [2.24, 2.45) is 0 Å². The number of amides is 1. The molecule has 0 aromatic heterocycles. The normalized spacial score (nSPS) is 7.71. The van der Waals surface area contributed by atoms with Crippen molar-refractivity contribution in [2.45, 2.75) is 0 Å². The Kier molecular flexibility index (Phi) is 3.04. The van der Waals surface area contributed by atoms with Crippen LogP contribution in [0.3, 0.4) is 0 Å². The number of aliphatic hydroxyl groups excluding tert-OH is 1. The molecule has 2 N–H and O–H groups in total. The van der Waals surface area contributed by atoms with Crippen LogP contribution < -0.4 is 5.32 Å². The van der Waals surface area contributed by atoms with Gasteiger partial charge in [0.1, 0.15) is 6.73 Å². The SMILES string of the molecule is COC(=O)NCO. The van der Waals surface area contributed by atoms with Crippen molar-refractivity contribution < 1.29 is 14.6 Å². The molecule has 0 aromatic rings. The molecule has 4 nitrogen and oxygen atoms in total. The van der Waals surface area contributed by atoms with Crippen LogP contribution in [0.4, 0.5) is 4.79 Å². The molecule has 0 aliphatic rings. The van der Waals surface area contributed by atoms with E-state index in [-0.39, 0.29) is 6.73 Å². The van der Waals surface area contributed by atoms with Crippen LogP contribution in [-0.2, 0) is 4.74 Å². The highest BCUT2D eigenvalue weighted by molar-refractivity contribution is 5.66. The summed E-state index contributed by atoms with van der Waals surface area (Å²) in [7, 11) is 1.23. The van der Waals surface area contributed by atoms with Crippen molar-refractivity contribution in [1.82, 2.24) is 5.32 Å². The zero-order valence-electron chi connectivity index (χ0n) is 3.97. The second kappa shape index (κ2) is 3.42. The number of carbonyl (C=O) groups excluding carboxylic acids is 1. The molecule has 0 aliphatic heterocycles. The maximum absolute atomic E-state index is 9.92. The maximum Gasteiger partial charge on any atom is 0.408 e. The summed E-state index contributed by atoms with van der Waals surface area (Å²) in [6, 6.07) is 0. The van der Waals surface area contributed by atoms with E-state index in [0.29, 0.717) is 0 Å². The van der Waals surface area contributed by atoms with Crippen LogP contribution in [0.5, 0.6) is 0 Å². The van der Waals surface area contributed by atoms with Gasteiger partial charge in [-0.1, -0.05) is 0 Å². The average Bonchev–Trinajstić information content (AvgIpc) is 1.68. The smallest absolute Gasteiger partial charge is 0.408 e. The van der Waals surface area contributed by atoms with Crippen molar-refractivity contribution in [1.29, 1.82) is 0 Å². The first-order chi connectivity index (χ1) is 3.31. The Bertz CT molecular complexity index is 63.2. The lowest BCUT2D eigenvalue weighted by Gasteiger charge is -1.94. The number of ether oxygens (including phenoxy) is 1. The van der Waals surface area contributed by atoms with Gasteiger partial charge in [0, 0.05) is 0 Å². The Labute approximate surface area is 41.1 Å². The van der Waals surface area contributed by atoms with E-state index in [0.717, 1.165) is 0 Å². The van der Waals surface area contributed by atoms with E-state index in [1.807, 2.05) is 5.32 Å². The maximum atomic E-state index is 9.92. The highest BCUT2D eigenvalue weighted by Gasteiger charge is 1.90. The lowest BCUT2D eigenvalue weighted by molar-refractivity contribution is 0.155. The molecule has 0 fully saturated rings. The number of rotatable bonds is 1. The van der Waals surface area contributed by atoms with E-state index in [1.165, 1.54) is 7.11 Å². The Morgan fingerprint density at radius 3 is 2.71 bits per heavy atom. The summed E-state index contributed by atoms with van der Waals surface area (Å²) in [5.41, 5.74) is 0. The molecule has 0 rings (SSSR count). The van der Waals surface area contributed by atoms with Gasteiger partial charge >= 0.3 is 6.09 Å². The monoisotopic (exact) mass is 105 g/mol. The topological polar surface area (TPSA) is 58.6 Å². The molecular formula is C3H7NO3. The number of hydrogen-bond donors (Lipinski definition) is 2. The lowest BCUT2D eigenvalue weighted by Crippen LogP contribution is -2.23. The van der Waals surface area contributed by atoms with Gasteiger partial charge in [-0.15, -0.1) is 0 Å². The van der Waals surface area contributed by atoms with E-state index in [2.05, 4.69) is 4.74 Å². The first-order valence-electron chi connectivity index (χ1n) is 1.74. The molecule has 7 heavy (non-hydrogen) atoms. The molecule has 0 bridgehead atoms. The van der Waals surface area contributed by atoms with E-state index < -0.39 is 6.09 Å². The fraction of sp³-hybridized carbons (Fsp3) is 0.667. The molecule has 0 heterocycles. The third-order valence-corrected chi connectivity index (χ3v) is 0.409.